The zero-order chi connectivity index (χ0) is 60.8. The molecule has 85 heavy (non-hydrogen) atoms. The third-order valence-corrected chi connectivity index (χ3v) is 19.7. The monoisotopic (exact) mass is 1190 g/mol. The van der Waals surface area contributed by atoms with E-state index in [9.17, 15) is 64.2 Å². The number of ketones is 2. The van der Waals surface area contributed by atoms with Crippen LogP contribution in [0.5, 0.6) is 5.75 Å². The maximum absolute atomic E-state index is 14.1. The van der Waals surface area contributed by atoms with Crippen molar-refractivity contribution >= 4 is 47.0 Å². The Morgan fingerprint density at radius 3 is 2.34 bits per heavy atom. The molecule has 0 unspecified atom stereocenters. The highest BCUT2D eigenvalue weighted by molar-refractivity contribution is 6.01. The Hall–Kier alpha value is -6.19. The molecule has 4 saturated carbocycles. The molecule has 0 spiro atoms. The Morgan fingerprint density at radius 1 is 0.918 bits per heavy atom. The summed E-state index contributed by atoms with van der Waals surface area (Å²) in [5, 5.41) is 74.3. The molecule has 15 atom stereocenters. The van der Waals surface area contributed by atoms with Gasteiger partial charge in [0.05, 0.1) is 35.6 Å². The summed E-state index contributed by atoms with van der Waals surface area (Å²) in [4.78, 5) is 89.9. The van der Waals surface area contributed by atoms with Crippen LogP contribution in [0.1, 0.15) is 121 Å². The van der Waals surface area contributed by atoms with E-state index in [1.165, 1.54) is 25.1 Å². The van der Waals surface area contributed by atoms with Crippen LogP contribution in [0.25, 0.3) is 0 Å². The van der Waals surface area contributed by atoms with Gasteiger partial charge in [0, 0.05) is 48.6 Å². The third kappa shape index (κ3) is 11.9. The molecular formula is C61H79N5O19. The second-order valence-electron chi connectivity index (χ2n) is 25.0. The smallest absolute Gasteiger partial charge is 0.407 e. The van der Waals surface area contributed by atoms with Gasteiger partial charge in [-0.1, -0.05) is 55.8 Å². The average molecular weight is 1190 g/mol. The fraction of sp³-hybridized carbons (Fsp3) is 0.623. The third-order valence-electron chi connectivity index (χ3n) is 19.7. The first-order chi connectivity index (χ1) is 40.5. The largest absolute Gasteiger partial charge is 0.479 e. The molecular weight excluding hydrogens is 1110 g/mol. The number of allylic oxidation sites excluding steroid dienone is 4. The lowest BCUT2D eigenvalue weighted by Gasteiger charge is -2.59. The van der Waals surface area contributed by atoms with Crippen molar-refractivity contribution in [2.75, 3.05) is 31.6 Å². The number of Topliss-reactive ketones (excluding diaryl/α,β-unsaturated/α-hetero) is 1. The number of amides is 4. The minimum Gasteiger partial charge on any atom is -0.479 e. The molecule has 9 aliphatic rings. The molecule has 11 rings (SSSR count). The summed E-state index contributed by atoms with van der Waals surface area (Å²) in [6, 6.07) is 11.2. The highest BCUT2D eigenvalue weighted by Gasteiger charge is 2.76. The summed E-state index contributed by atoms with van der Waals surface area (Å²) in [6.07, 6.45) is -0.855. The number of aliphatic carboxylic acids is 1. The van der Waals surface area contributed by atoms with Crippen LogP contribution in [0.4, 0.5) is 10.5 Å². The first-order valence-electron chi connectivity index (χ1n) is 29.5. The van der Waals surface area contributed by atoms with E-state index in [1.807, 2.05) is 37.3 Å². The van der Waals surface area contributed by atoms with Crippen molar-refractivity contribution in [1.82, 2.24) is 16.0 Å². The van der Waals surface area contributed by atoms with Crippen LogP contribution in [0.2, 0.25) is 0 Å². The van der Waals surface area contributed by atoms with E-state index in [0.717, 1.165) is 17.6 Å². The number of carboxylic acid groups (broad SMARTS) is 1. The van der Waals surface area contributed by atoms with Crippen molar-refractivity contribution in [2.24, 2.45) is 34.3 Å². The van der Waals surface area contributed by atoms with Gasteiger partial charge in [-0.3, -0.25) is 24.0 Å². The zero-order valence-electron chi connectivity index (χ0n) is 48.0. The summed E-state index contributed by atoms with van der Waals surface area (Å²) in [6.45, 7) is 4.86. The van der Waals surface area contributed by atoms with Gasteiger partial charge in [0.25, 0.3) is 0 Å². The van der Waals surface area contributed by atoms with Crippen LogP contribution < -0.4 is 31.7 Å². The van der Waals surface area contributed by atoms with E-state index in [2.05, 4.69) is 28.2 Å². The molecule has 24 heteroatoms. The molecule has 4 amide bonds. The van der Waals surface area contributed by atoms with Crippen molar-refractivity contribution in [1.29, 1.82) is 0 Å². The first kappa shape index (κ1) is 61.9. The minimum absolute atomic E-state index is 0.0333. The Bertz CT molecular complexity index is 2950. The van der Waals surface area contributed by atoms with E-state index in [0.29, 0.717) is 81.9 Å². The molecule has 12 N–H and O–H groups in total. The first-order valence-corrected chi connectivity index (χ1v) is 29.5. The zero-order valence-corrected chi connectivity index (χ0v) is 48.0. The van der Waals surface area contributed by atoms with Crippen LogP contribution >= 0.6 is 0 Å². The molecule has 24 nitrogen and oxygen atoms in total. The summed E-state index contributed by atoms with van der Waals surface area (Å²) in [5.41, 5.74) is 4.64. The summed E-state index contributed by atoms with van der Waals surface area (Å²) < 4.78 is 36.9. The number of alkyl carbamates (subject to hydrolysis) is 1. The van der Waals surface area contributed by atoms with Crippen molar-refractivity contribution in [2.45, 2.75) is 183 Å². The lowest BCUT2D eigenvalue weighted by molar-refractivity contribution is -0.271. The molecule has 2 aromatic carbocycles. The summed E-state index contributed by atoms with van der Waals surface area (Å²) in [5.74, 6) is -3.99. The number of carbonyl (C=O) groups is 7. The number of nitrogens with two attached hydrogens (primary N) is 1. The second kappa shape index (κ2) is 24.5. The van der Waals surface area contributed by atoms with Gasteiger partial charge in [0.1, 0.15) is 43.3 Å². The van der Waals surface area contributed by atoms with Gasteiger partial charge in [-0.05, 0) is 124 Å². The van der Waals surface area contributed by atoms with Gasteiger partial charge in [0.2, 0.25) is 24.0 Å². The van der Waals surface area contributed by atoms with Crippen molar-refractivity contribution < 1.29 is 92.6 Å². The normalized spacial score (nSPS) is 36.3. The number of hydrogen-bond acceptors (Lipinski definition) is 19. The van der Waals surface area contributed by atoms with Gasteiger partial charge in [-0.2, -0.15) is 0 Å². The lowest BCUT2D eigenvalue weighted by atomic mass is 9.46. The molecule has 4 saturated heterocycles. The van der Waals surface area contributed by atoms with E-state index in [4.69, 9.17) is 34.2 Å². The topological polar surface area (TPSA) is 370 Å². The molecule has 4 aliphatic heterocycles. The molecule has 4 heterocycles. The Morgan fingerprint density at radius 2 is 1.66 bits per heavy atom. The number of hydrogen-bond donors (Lipinski definition) is 11. The number of nitrogens with one attached hydrogen (secondary N) is 4. The molecule has 8 fully saturated rings. The number of anilines is 1. The van der Waals surface area contributed by atoms with Gasteiger partial charge in [-0.15, -0.1) is 0 Å². The highest BCUT2D eigenvalue weighted by atomic mass is 16.7. The number of rotatable bonds is 21. The highest BCUT2D eigenvalue weighted by Crippen LogP contribution is 2.70. The Balaban J connectivity index is 0.741. The standard InChI is InChI=1S/C61H79N5O19/c1-32(68)64-40(6-4-5-22-62)52(76)63-23-16-46(72)65-41-24-34(9-14-43(41)82-55-50(75)48(73)49(74)51(84-55)53(77)78)30-80-56(79)66-59-18-20-60(21-19-59,81-31-59)27-33-7-10-35(11-8-33)54-83-45-26-39-38-13-12-36-25-37(69)15-17-57(36,2)47(38)42(70)28-58(39,3)61(45,85-54)44(71)29-67/h7-11,14-15,17,24-25,38-40,42,45,47-51,54-55,67,70,73-75H,4-6,12-13,16,18-23,26-31,62H2,1-3H3,(H,63,76)(H,64,68)(H,65,72)(H,66,79)(H,77,78)/t38-,39-,40-,42-,45+,47+,48-,49-,50+,51-,54+,55+,57-,58-,59?,60?,61+/m0/s1. The molecule has 0 aromatic heterocycles. The molecule has 5 aliphatic carbocycles. The van der Waals surface area contributed by atoms with Crippen LogP contribution in [-0.2, 0) is 65.5 Å². The van der Waals surface area contributed by atoms with Crippen LogP contribution in [-0.4, -0.2) is 164 Å². The SMILES string of the molecule is CC(=O)N[C@@H](CCCCN)C(=O)NCCC(=O)Nc1cc(COC(=O)NC23CCC(Cc4ccc([C@@H]5O[C@@H]6C[C@H]7[C@@H]8CCC9=CC(=O)C=C[C@]9(C)[C@H]8[C@@H](O)C[C@]7(C)[C@]6(C(=O)CO)O5)cc4)(CC2)OC3)ccc1O[C@@H]1O[C@H](C(=O)O)[C@@H](O)[C@H](O)[C@H]1O. The number of aliphatic hydroxyl groups excluding tert-OH is 5. The van der Waals surface area contributed by atoms with Crippen LogP contribution in [0.15, 0.2) is 66.3 Å². The average Bonchev–Trinajstić information content (AvgIpc) is 1.57. The minimum atomic E-state index is -1.99. The molecule has 2 bridgehead atoms. The van der Waals surface area contributed by atoms with Crippen molar-refractivity contribution in [3.63, 3.8) is 0 Å². The molecule has 2 aromatic rings. The van der Waals surface area contributed by atoms with Crippen molar-refractivity contribution in [3.8, 4) is 5.75 Å². The van der Waals surface area contributed by atoms with Gasteiger partial charge in [-0.25, -0.2) is 9.59 Å². The Kier molecular flexibility index (Phi) is 17.9. The number of fused-ring (bicyclic) bond motifs is 10. The summed E-state index contributed by atoms with van der Waals surface area (Å²) in [7, 11) is 0. The number of benzene rings is 2. The van der Waals surface area contributed by atoms with Gasteiger partial charge < -0.3 is 86.1 Å². The molecule has 0 radical (unpaired) electrons. The second-order valence-corrected chi connectivity index (χ2v) is 25.0. The van der Waals surface area contributed by atoms with E-state index < -0.39 is 125 Å². The molecule has 462 valence electrons. The number of aliphatic hydroxyl groups is 5. The maximum Gasteiger partial charge on any atom is 0.407 e. The van der Waals surface area contributed by atoms with E-state index in [1.54, 1.807) is 12.2 Å². The van der Waals surface area contributed by atoms with Gasteiger partial charge in [0.15, 0.2) is 29.6 Å². The summed E-state index contributed by atoms with van der Waals surface area (Å²) >= 11 is 0. The van der Waals surface area contributed by atoms with Crippen molar-refractivity contribution in [3.05, 3.63) is 83.0 Å². The van der Waals surface area contributed by atoms with Gasteiger partial charge >= 0.3 is 12.1 Å². The fourth-order valence-corrected chi connectivity index (χ4v) is 15.3. The lowest BCUT2D eigenvalue weighted by Crippen LogP contribution is -2.63. The fourth-order valence-electron chi connectivity index (χ4n) is 15.3. The predicted octanol–water partition coefficient (Wildman–Crippen LogP) is 2.19. The number of carbonyl (C=O) groups excluding carboxylic acids is 6. The van der Waals surface area contributed by atoms with E-state index in [-0.39, 0.29) is 67.6 Å². The van der Waals surface area contributed by atoms with Crippen LogP contribution in [0.3, 0.4) is 0 Å². The quantitative estimate of drug-likeness (QED) is 0.0798. The number of ether oxygens (including phenoxy) is 6. The van der Waals surface area contributed by atoms with E-state index >= 15 is 0 Å². The number of carboxylic acids is 1. The Labute approximate surface area is 491 Å². The van der Waals surface area contributed by atoms with Crippen LogP contribution in [0, 0.1) is 28.6 Å². The maximum atomic E-state index is 14.1. The predicted molar refractivity (Wildman–Crippen MR) is 298 cm³/mol. The number of unbranched alkanes of at least 4 members (excludes halogenated alkanes) is 1.